The molecule has 0 aliphatic heterocycles. The lowest BCUT2D eigenvalue weighted by atomic mass is 10.0. The van der Waals surface area contributed by atoms with Crippen molar-refractivity contribution in [2.75, 3.05) is 12.4 Å². The monoisotopic (exact) mass is 255 g/mol. The highest BCUT2D eigenvalue weighted by Gasteiger charge is 2.09. The second-order valence-corrected chi connectivity index (χ2v) is 4.75. The summed E-state index contributed by atoms with van der Waals surface area (Å²) in [6.45, 7) is 4.30. The molecule has 2 aromatic rings. The van der Waals surface area contributed by atoms with Gasteiger partial charge in [-0.1, -0.05) is 31.2 Å². The summed E-state index contributed by atoms with van der Waals surface area (Å²) in [6.07, 6.45) is 1.04. The van der Waals surface area contributed by atoms with E-state index < -0.39 is 0 Å². The lowest BCUT2D eigenvalue weighted by Gasteiger charge is -2.19. The summed E-state index contributed by atoms with van der Waals surface area (Å²) in [5, 5.41) is 3.58. The van der Waals surface area contributed by atoms with Crippen molar-refractivity contribution in [1.29, 1.82) is 0 Å². The summed E-state index contributed by atoms with van der Waals surface area (Å²) in [5.74, 6) is 0.897. The maximum absolute atomic E-state index is 5.20. The van der Waals surface area contributed by atoms with E-state index in [9.17, 15) is 0 Å². The average molecular weight is 255 g/mol. The van der Waals surface area contributed by atoms with Crippen molar-refractivity contribution in [1.82, 2.24) is 0 Å². The van der Waals surface area contributed by atoms with E-state index in [0.717, 1.165) is 12.2 Å². The minimum Gasteiger partial charge on any atom is -0.497 e. The van der Waals surface area contributed by atoms with Crippen molar-refractivity contribution < 1.29 is 4.74 Å². The van der Waals surface area contributed by atoms with Crippen LogP contribution in [0.2, 0.25) is 0 Å². The van der Waals surface area contributed by atoms with Gasteiger partial charge in [0.05, 0.1) is 13.2 Å². The van der Waals surface area contributed by atoms with Crippen LogP contribution in [-0.4, -0.2) is 7.11 Å². The Labute approximate surface area is 115 Å². The molecule has 0 heterocycles. The van der Waals surface area contributed by atoms with Gasteiger partial charge in [0.25, 0.3) is 0 Å². The second-order valence-electron chi connectivity index (χ2n) is 4.75. The lowest BCUT2D eigenvalue weighted by Crippen LogP contribution is -2.09. The second kappa shape index (κ2) is 6.28. The number of aryl methyl sites for hydroxylation is 1. The smallest absolute Gasteiger partial charge is 0.118 e. The number of benzene rings is 2. The quantitative estimate of drug-likeness (QED) is 0.845. The van der Waals surface area contributed by atoms with E-state index in [1.54, 1.807) is 7.11 Å². The van der Waals surface area contributed by atoms with Gasteiger partial charge in [-0.3, -0.25) is 0 Å². The first-order chi connectivity index (χ1) is 9.22. The molecule has 0 aliphatic carbocycles. The molecule has 1 atom stereocenters. The van der Waals surface area contributed by atoms with Crippen LogP contribution in [-0.2, 0) is 0 Å². The van der Waals surface area contributed by atoms with E-state index in [2.05, 4.69) is 55.6 Å². The Morgan fingerprint density at radius 2 is 1.84 bits per heavy atom. The van der Waals surface area contributed by atoms with Crippen LogP contribution in [0.5, 0.6) is 5.75 Å². The first-order valence-electron chi connectivity index (χ1n) is 6.70. The number of nitrogens with one attached hydrogen (secondary N) is 1. The SMILES string of the molecule is CCC(Nc1cccc(C)c1)c1ccc(OC)cc1. The number of anilines is 1. The number of hydrogen-bond donors (Lipinski definition) is 1. The van der Waals surface area contributed by atoms with E-state index in [4.69, 9.17) is 4.74 Å². The minimum atomic E-state index is 0.327. The van der Waals surface area contributed by atoms with Gasteiger partial charge in [-0.15, -0.1) is 0 Å². The molecule has 0 bridgehead atoms. The van der Waals surface area contributed by atoms with Crippen LogP contribution >= 0.6 is 0 Å². The van der Waals surface area contributed by atoms with Crippen molar-refractivity contribution >= 4 is 5.69 Å². The molecule has 0 aliphatic rings. The van der Waals surface area contributed by atoms with Crippen molar-refractivity contribution in [2.24, 2.45) is 0 Å². The third kappa shape index (κ3) is 3.50. The molecule has 2 rings (SSSR count). The molecule has 1 N–H and O–H groups in total. The van der Waals surface area contributed by atoms with Gasteiger partial charge in [0.2, 0.25) is 0 Å². The molecule has 0 fully saturated rings. The van der Waals surface area contributed by atoms with E-state index in [-0.39, 0.29) is 0 Å². The number of hydrogen-bond acceptors (Lipinski definition) is 2. The summed E-state index contributed by atoms with van der Waals surface area (Å²) in [7, 11) is 1.69. The van der Waals surface area contributed by atoms with E-state index in [0.29, 0.717) is 6.04 Å². The largest absolute Gasteiger partial charge is 0.497 e. The molecule has 0 radical (unpaired) electrons. The highest BCUT2D eigenvalue weighted by atomic mass is 16.5. The Morgan fingerprint density at radius 3 is 2.42 bits per heavy atom. The third-order valence-corrected chi connectivity index (χ3v) is 3.29. The Kier molecular flexibility index (Phi) is 4.45. The Morgan fingerprint density at radius 1 is 1.11 bits per heavy atom. The molecule has 0 aromatic heterocycles. The van der Waals surface area contributed by atoms with Crippen LogP contribution in [0.3, 0.4) is 0 Å². The van der Waals surface area contributed by atoms with Gasteiger partial charge in [0, 0.05) is 5.69 Å². The fourth-order valence-electron chi connectivity index (χ4n) is 2.19. The van der Waals surface area contributed by atoms with Crippen LogP contribution < -0.4 is 10.1 Å². The molecule has 2 nitrogen and oxygen atoms in total. The fourth-order valence-corrected chi connectivity index (χ4v) is 2.19. The maximum Gasteiger partial charge on any atom is 0.118 e. The predicted molar refractivity (Wildman–Crippen MR) is 80.8 cm³/mol. The summed E-state index contributed by atoms with van der Waals surface area (Å²) in [6, 6.07) is 17.1. The van der Waals surface area contributed by atoms with Crippen molar-refractivity contribution in [3.63, 3.8) is 0 Å². The van der Waals surface area contributed by atoms with Gasteiger partial charge in [-0.05, 0) is 48.7 Å². The zero-order chi connectivity index (χ0) is 13.7. The van der Waals surface area contributed by atoms with Crippen LogP contribution in [0.1, 0.15) is 30.5 Å². The molecule has 2 heteroatoms. The van der Waals surface area contributed by atoms with Crippen LogP contribution in [0.25, 0.3) is 0 Å². The average Bonchev–Trinajstić information content (AvgIpc) is 2.45. The number of ether oxygens (including phenoxy) is 1. The van der Waals surface area contributed by atoms with Gasteiger partial charge in [-0.25, -0.2) is 0 Å². The van der Waals surface area contributed by atoms with Crippen molar-refractivity contribution in [3.8, 4) is 5.75 Å². The molecule has 19 heavy (non-hydrogen) atoms. The van der Waals surface area contributed by atoms with Crippen molar-refractivity contribution in [3.05, 3.63) is 59.7 Å². The topological polar surface area (TPSA) is 21.3 Å². The summed E-state index contributed by atoms with van der Waals surface area (Å²) >= 11 is 0. The maximum atomic E-state index is 5.20. The zero-order valence-electron chi connectivity index (χ0n) is 11.8. The van der Waals surface area contributed by atoms with E-state index >= 15 is 0 Å². The van der Waals surface area contributed by atoms with Gasteiger partial charge >= 0.3 is 0 Å². The van der Waals surface area contributed by atoms with Gasteiger partial charge < -0.3 is 10.1 Å². The Hall–Kier alpha value is -1.96. The standard InChI is InChI=1S/C17H21NO/c1-4-17(14-8-10-16(19-3)11-9-14)18-15-7-5-6-13(2)12-15/h5-12,17-18H,4H2,1-3H3. The first-order valence-corrected chi connectivity index (χ1v) is 6.70. The molecule has 0 saturated heterocycles. The Bertz CT molecular complexity index is 519. The summed E-state index contributed by atoms with van der Waals surface area (Å²) in [4.78, 5) is 0. The van der Waals surface area contributed by atoms with Gasteiger partial charge in [0.15, 0.2) is 0 Å². The van der Waals surface area contributed by atoms with E-state index in [1.165, 1.54) is 16.8 Å². The van der Waals surface area contributed by atoms with Crippen LogP contribution in [0.15, 0.2) is 48.5 Å². The zero-order valence-corrected chi connectivity index (χ0v) is 11.8. The van der Waals surface area contributed by atoms with Crippen LogP contribution in [0, 0.1) is 6.92 Å². The highest BCUT2D eigenvalue weighted by Crippen LogP contribution is 2.24. The molecule has 0 saturated carbocycles. The highest BCUT2D eigenvalue weighted by molar-refractivity contribution is 5.47. The van der Waals surface area contributed by atoms with Gasteiger partial charge in [-0.2, -0.15) is 0 Å². The molecule has 0 spiro atoms. The van der Waals surface area contributed by atoms with Gasteiger partial charge in [0.1, 0.15) is 5.75 Å². The van der Waals surface area contributed by atoms with E-state index in [1.807, 2.05) is 12.1 Å². The summed E-state index contributed by atoms with van der Waals surface area (Å²) < 4.78 is 5.20. The molecule has 0 amide bonds. The minimum absolute atomic E-state index is 0.327. The summed E-state index contributed by atoms with van der Waals surface area (Å²) in [5.41, 5.74) is 3.72. The number of rotatable bonds is 5. The normalized spacial score (nSPS) is 11.9. The number of methoxy groups -OCH3 is 1. The predicted octanol–water partition coefficient (Wildman–Crippen LogP) is 4.57. The van der Waals surface area contributed by atoms with Crippen LogP contribution in [0.4, 0.5) is 5.69 Å². The molecular weight excluding hydrogens is 234 g/mol. The molecular formula is C17H21NO. The first kappa shape index (κ1) is 13.5. The molecule has 2 aromatic carbocycles. The molecule has 100 valence electrons. The fraction of sp³-hybridized carbons (Fsp3) is 0.294. The Balaban J connectivity index is 2.15. The molecule has 1 unspecified atom stereocenters. The van der Waals surface area contributed by atoms with Crippen molar-refractivity contribution in [2.45, 2.75) is 26.3 Å². The lowest BCUT2D eigenvalue weighted by molar-refractivity contribution is 0.414. The third-order valence-electron chi connectivity index (χ3n) is 3.29.